The van der Waals surface area contributed by atoms with Gasteiger partial charge in [-0.1, -0.05) is 39.8 Å². The van der Waals surface area contributed by atoms with Crippen LogP contribution in [-0.2, 0) is 12.8 Å². The first-order valence-corrected chi connectivity index (χ1v) is 7.73. The number of hydrogen-bond acceptors (Lipinski definition) is 4. The monoisotopic (exact) mass is 300 g/mol. The predicted molar refractivity (Wildman–Crippen MR) is 93.2 cm³/mol. The summed E-state index contributed by atoms with van der Waals surface area (Å²) in [5, 5.41) is 8.23. The highest BCUT2D eigenvalue weighted by Crippen LogP contribution is 1.92. The number of nitrogens with two attached hydrogens (primary N) is 1. The van der Waals surface area contributed by atoms with E-state index in [2.05, 4.69) is 9.97 Å². The molecule has 0 aliphatic rings. The lowest BCUT2D eigenvalue weighted by molar-refractivity contribution is 0.923. The number of aromatic nitrogens is 2. The summed E-state index contributed by atoms with van der Waals surface area (Å²) in [5.74, 6) is 0. The average Bonchev–Trinajstić information content (AvgIpc) is 2.62. The number of hydrogen-bond donors (Lipinski definition) is 1. The largest absolute Gasteiger partial charge is 0.330 e. The van der Waals surface area contributed by atoms with Crippen LogP contribution in [0.15, 0.2) is 48.8 Å². The minimum atomic E-state index is 0.404. The summed E-state index contributed by atoms with van der Waals surface area (Å²) in [6.45, 7) is 8.68. The molecule has 4 nitrogen and oxygen atoms in total. The third-order valence-corrected chi connectivity index (χ3v) is 2.11. The van der Waals surface area contributed by atoms with Gasteiger partial charge in [0.05, 0.1) is 18.2 Å². The van der Waals surface area contributed by atoms with Crippen molar-refractivity contribution in [2.45, 2.75) is 40.5 Å². The molecule has 0 unspecified atom stereocenters. The van der Waals surface area contributed by atoms with Crippen LogP contribution in [0.25, 0.3) is 0 Å². The minimum Gasteiger partial charge on any atom is -0.330 e. The van der Waals surface area contributed by atoms with Crippen molar-refractivity contribution in [1.29, 1.82) is 5.26 Å². The van der Waals surface area contributed by atoms with E-state index in [0.717, 1.165) is 17.8 Å². The molecule has 2 N–H and O–H groups in total. The summed E-state index contributed by atoms with van der Waals surface area (Å²) < 4.78 is 0. The molecule has 0 atom stereocenters. The zero-order valence-electron chi connectivity index (χ0n) is 14.2. The van der Waals surface area contributed by atoms with Crippen LogP contribution in [0.1, 0.15) is 39.1 Å². The van der Waals surface area contributed by atoms with Crippen LogP contribution >= 0.6 is 0 Å². The molecule has 2 aromatic rings. The molecule has 4 heteroatoms. The number of pyridine rings is 2. The van der Waals surface area contributed by atoms with Crippen LogP contribution in [0, 0.1) is 11.3 Å². The Morgan fingerprint density at radius 3 is 1.77 bits per heavy atom. The van der Waals surface area contributed by atoms with E-state index in [0.29, 0.717) is 13.0 Å². The zero-order valence-corrected chi connectivity index (χ0v) is 14.2. The van der Waals surface area contributed by atoms with Crippen molar-refractivity contribution in [3.63, 3.8) is 0 Å². The maximum atomic E-state index is 8.23. The number of nitrogens with zero attached hydrogens (tertiary/aromatic N) is 3. The molecule has 0 radical (unpaired) electrons. The maximum Gasteiger partial charge on any atom is 0.0774 e. The highest BCUT2D eigenvalue weighted by Gasteiger charge is 1.87. The molecule has 2 rings (SSSR count). The van der Waals surface area contributed by atoms with Crippen molar-refractivity contribution < 1.29 is 0 Å². The van der Waals surface area contributed by atoms with Crippen molar-refractivity contribution in [1.82, 2.24) is 9.97 Å². The molecule has 0 saturated carbocycles. The molecule has 0 amide bonds. The third kappa shape index (κ3) is 12.8. The SMILES string of the molecule is CC.CC.N#CCc1ccccn1.NCCc1ccccn1. The van der Waals surface area contributed by atoms with Crippen LogP contribution in [0.3, 0.4) is 0 Å². The van der Waals surface area contributed by atoms with Crippen LogP contribution in [0.4, 0.5) is 0 Å². The van der Waals surface area contributed by atoms with Crippen LogP contribution in [-0.4, -0.2) is 16.5 Å². The van der Waals surface area contributed by atoms with Gasteiger partial charge in [-0.15, -0.1) is 0 Å². The van der Waals surface area contributed by atoms with E-state index < -0.39 is 0 Å². The van der Waals surface area contributed by atoms with Crippen molar-refractivity contribution in [3.05, 3.63) is 60.2 Å². The Kier molecular flexibility index (Phi) is 18.8. The Bertz CT molecular complexity index is 463. The van der Waals surface area contributed by atoms with Crippen LogP contribution in [0.5, 0.6) is 0 Å². The first-order valence-electron chi connectivity index (χ1n) is 7.73. The zero-order chi connectivity index (χ0) is 17.1. The summed E-state index contributed by atoms with van der Waals surface area (Å²) in [4.78, 5) is 8.03. The fourth-order valence-corrected chi connectivity index (χ4v) is 1.28. The molecule has 22 heavy (non-hydrogen) atoms. The number of rotatable bonds is 3. The number of nitriles is 1. The quantitative estimate of drug-likeness (QED) is 0.935. The van der Waals surface area contributed by atoms with Crippen LogP contribution < -0.4 is 5.73 Å². The second kappa shape index (κ2) is 18.8. The lowest BCUT2D eigenvalue weighted by Gasteiger charge is -1.92. The molecule has 0 spiro atoms. The molecule has 0 saturated heterocycles. The summed E-state index contributed by atoms with van der Waals surface area (Å²) in [5.41, 5.74) is 7.22. The van der Waals surface area contributed by atoms with Gasteiger partial charge in [0.25, 0.3) is 0 Å². The van der Waals surface area contributed by atoms with E-state index in [1.54, 1.807) is 12.4 Å². The van der Waals surface area contributed by atoms with Gasteiger partial charge >= 0.3 is 0 Å². The van der Waals surface area contributed by atoms with E-state index in [1.807, 2.05) is 70.2 Å². The molecular formula is C18H28N4. The molecule has 0 bridgehead atoms. The van der Waals surface area contributed by atoms with Crippen molar-refractivity contribution >= 4 is 0 Å². The molecule has 0 aliphatic heterocycles. The van der Waals surface area contributed by atoms with Gasteiger partial charge in [0.2, 0.25) is 0 Å². The summed E-state index contributed by atoms with van der Waals surface area (Å²) in [6, 6.07) is 13.4. The Balaban J connectivity index is 0. The third-order valence-electron chi connectivity index (χ3n) is 2.11. The normalized spacial score (nSPS) is 7.82. The van der Waals surface area contributed by atoms with Gasteiger partial charge in [0, 0.05) is 24.5 Å². The van der Waals surface area contributed by atoms with Gasteiger partial charge in [-0.2, -0.15) is 5.26 Å². The standard InChI is InChI=1S/C7H10N2.C7H6N2.2C2H6/c2*8-5-4-7-3-1-2-6-9-7;2*1-2/h1-3,6H,4-5,8H2;1-3,6H,4H2;2*1-2H3. The van der Waals surface area contributed by atoms with Crippen molar-refractivity contribution in [2.75, 3.05) is 6.54 Å². The fraction of sp³-hybridized carbons (Fsp3) is 0.389. The highest BCUT2D eigenvalue weighted by molar-refractivity contribution is 5.07. The smallest absolute Gasteiger partial charge is 0.0774 e. The first kappa shape index (κ1) is 22.0. The van der Waals surface area contributed by atoms with E-state index >= 15 is 0 Å². The van der Waals surface area contributed by atoms with Gasteiger partial charge in [-0.3, -0.25) is 9.97 Å². The Morgan fingerprint density at radius 2 is 1.41 bits per heavy atom. The Hall–Kier alpha value is -2.25. The molecule has 2 heterocycles. The maximum absolute atomic E-state index is 8.23. The lowest BCUT2D eigenvalue weighted by atomic mass is 10.3. The van der Waals surface area contributed by atoms with Gasteiger partial charge in [-0.25, -0.2) is 0 Å². The molecule has 2 aromatic heterocycles. The molecular weight excluding hydrogens is 272 g/mol. The average molecular weight is 300 g/mol. The van der Waals surface area contributed by atoms with Gasteiger partial charge < -0.3 is 5.73 Å². The summed E-state index contributed by atoms with van der Waals surface area (Å²) in [6.07, 6.45) is 4.75. The predicted octanol–water partition coefficient (Wildman–Crippen LogP) is 3.78. The second-order valence-corrected chi connectivity index (χ2v) is 3.52. The van der Waals surface area contributed by atoms with Crippen molar-refractivity contribution in [2.24, 2.45) is 5.73 Å². The van der Waals surface area contributed by atoms with E-state index in [1.165, 1.54) is 0 Å². The molecule has 120 valence electrons. The lowest BCUT2D eigenvalue weighted by Crippen LogP contribution is -2.03. The second-order valence-electron chi connectivity index (χ2n) is 3.52. The molecule has 0 fully saturated rings. The van der Waals surface area contributed by atoms with Crippen LogP contribution in [0.2, 0.25) is 0 Å². The molecule has 0 aliphatic carbocycles. The van der Waals surface area contributed by atoms with Gasteiger partial charge in [-0.05, 0) is 30.8 Å². The van der Waals surface area contributed by atoms with Crippen molar-refractivity contribution in [3.8, 4) is 6.07 Å². The van der Waals surface area contributed by atoms with E-state index in [4.69, 9.17) is 11.0 Å². The minimum absolute atomic E-state index is 0.404. The fourth-order valence-electron chi connectivity index (χ4n) is 1.28. The van der Waals surface area contributed by atoms with Gasteiger partial charge in [0.15, 0.2) is 0 Å². The first-order chi connectivity index (χ1) is 10.9. The Labute approximate surface area is 135 Å². The topological polar surface area (TPSA) is 75.6 Å². The van der Waals surface area contributed by atoms with E-state index in [-0.39, 0.29) is 0 Å². The Morgan fingerprint density at radius 1 is 0.909 bits per heavy atom. The summed E-state index contributed by atoms with van der Waals surface area (Å²) >= 11 is 0. The van der Waals surface area contributed by atoms with E-state index in [9.17, 15) is 0 Å². The summed E-state index contributed by atoms with van der Waals surface area (Å²) in [7, 11) is 0. The van der Waals surface area contributed by atoms with Gasteiger partial charge in [0.1, 0.15) is 0 Å². The molecule has 0 aromatic carbocycles. The highest BCUT2D eigenvalue weighted by atomic mass is 14.7.